The van der Waals surface area contributed by atoms with E-state index in [-0.39, 0.29) is 0 Å². The molecule has 0 fully saturated rings. The first-order chi connectivity index (χ1) is 13.6. The van der Waals surface area contributed by atoms with E-state index in [0.717, 1.165) is 16.9 Å². The number of nitrogens with zero attached hydrogens (tertiary/aromatic N) is 5. The SMILES string of the molecule is COc1ccc(-c2nnc(CSc3nnc(-c4ccc(C)cc4)n3N)o2)cc1. The summed E-state index contributed by atoms with van der Waals surface area (Å²) in [6.07, 6.45) is 0. The van der Waals surface area contributed by atoms with Crippen molar-refractivity contribution in [2.75, 3.05) is 13.0 Å². The van der Waals surface area contributed by atoms with Crippen molar-refractivity contribution >= 4 is 11.8 Å². The summed E-state index contributed by atoms with van der Waals surface area (Å²) in [4.78, 5) is 0. The first-order valence-corrected chi connectivity index (χ1v) is 9.50. The highest BCUT2D eigenvalue weighted by atomic mass is 32.2. The Bertz CT molecular complexity index is 1070. The molecule has 2 N–H and O–H groups in total. The lowest BCUT2D eigenvalue weighted by Crippen LogP contribution is -2.11. The highest BCUT2D eigenvalue weighted by Crippen LogP contribution is 2.26. The monoisotopic (exact) mass is 394 g/mol. The number of hydrogen-bond acceptors (Lipinski definition) is 8. The molecular weight excluding hydrogens is 376 g/mol. The van der Waals surface area contributed by atoms with Crippen LogP contribution in [0.15, 0.2) is 58.1 Å². The predicted molar refractivity (Wildman–Crippen MR) is 106 cm³/mol. The van der Waals surface area contributed by atoms with E-state index < -0.39 is 0 Å². The van der Waals surface area contributed by atoms with Crippen molar-refractivity contribution in [2.45, 2.75) is 17.8 Å². The van der Waals surface area contributed by atoms with Crippen LogP contribution in [-0.4, -0.2) is 32.2 Å². The molecule has 4 aromatic rings. The van der Waals surface area contributed by atoms with Gasteiger partial charge in [0, 0.05) is 11.1 Å². The van der Waals surface area contributed by atoms with Gasteiger partial charge in [-0.05, 0) is 31.2 Å². The van der Waals surface area contributed by atoms with Gasteiger partial charge in [0.25, 0.3) is 0 Å². The topological polar surface area (TPSA) is 105 Å². The number of nitrogens with two attached hydrogens (primary N) is 1. The van der Waals surface area contributed by atoms with Gasteiger partial charge in [-0.15, -0.1) is 20.4 Å². The van der Waals surface area contributed by atoms with E-state index in [1.54, 1.807) is 7.11 Å². The first kappa shape index (κ1) is 18.1. The molecule has 0 aliphatic heterocycles. The van der Waals surface area contributed by atoms with Crippen LogP contribution >= 0.6 is 11.8 Å². The van der Waals surface area contributed by atoms with Gasteiger partial charge in [0.05, 0.1) is 12.9 Å². The molecule has 0 spiro atoms. The molecule has 0 atom stereocenters. The lowest BCUT2D eigenvalue weighted by atomic mass is 10.1. The standard InChI is InChI=1S/C19H18N6O2S/c1-12-3-5-13(6-4-12)17-22-24-19(25(17)20)28-11-16-21-23-18(27-16)14-7-9-15(26-2)10-8-14/h3-10H,11,20H2,1-2H3. The van der Waals surface area contributed by atoms with Crippen LogP contribution in [0, 0.1) is 6.92 Å². The number of hydrogen-bond donors (Lipinski definition) is 1. The molecule has 8 nitrogen and oxygen atoms in total. The fraction of sp³-hybridized carbons (Fsp3) is 0.158. The molecule has 0 saturated carbocycles. The van der Waals surface area contributed by atoms with Crippen LogP contribution in [0.4, 0.5) is 0 Å². The third-order valence-corrected chi connectivity index (χ3v) is 5.03. The van der Waals surface area contributed by atoms with E-state index >= 15 is 0 Å². The molecular formula is C19H18N6O2S. The van der Waals surface area contributed by atoms with Gasteiger partial charge in [-0.2, -0.15) is 0 Å². The molecule has 0 radical (unpaired) electrons. The normalized spacial score (nSPS) is 10.9. The minimum absolute atomic E-state index is 0.437. The van der Waals surface area contributed by atoms with Crippen molar-refractivity contribution in [1.82, 2.24) is 25.1 Å². The molecule has 0 saturated heterocycles. The van der Waals surface area contributed by atoms with Gasteiger partial charge in [-0.3, -0.25) is 0 Å². The Morgan fingerprint density at radius 2 is 1.68 bits per heavy atom. The zero-order valence-corrected chi connectivity index (χ0v) is 16.2. The summed E-state index contributed by atoms with van der Waals surface area (Å²) in [5, 5.41) is 17.1. The van der Waals surface area contributed by atoms with Gasteiger partial charge >= 0.3 is 0 Å². The number of ether oxygens (including phenoxy) is 1. The average molecular weight is 394 g/mol. The maximum absolute atomic E-state index is 6.15. The Kier molecular flexibility index (Phi) is 4.98. The van der Waals surface area contributed by atoms with Gasteiger partial charge < -0.3 is 15.0 Å². The Balaban J connectivity index is 1.45. The molecule has 9 heteroatoms. The molecule has 0 bridgehead atoms. The molecule has 2 heterocycles. The van der Waals surface area contributed by atoms with Crippen molar-refractivity contribution in [3.05, 3.63) is 60.0 Å². The average Bonchev–Trinajstić information content (AvgIpc) is 3.34. The van der Waals surface area contributed by atoms with Gasteiger partial charge in [0.1, 0.15) is 5.75 Å². The van der Waals surface area contributed by atoms with Crippen LogP contribution in [0.5, 0.6) is 5.75 Å². The minimum Gasteiger partial charge on any atom is -0.497 e. The zero-order chi connectivity index (χ0) is 19.5. The summed E-state index contributed by atoms with van der Waals surface area (Å²) >= 11 is 1.38. The summed E-state index contributed by atoms with van der Waals surface area (Å²) in [5.41, 5.74) is 2.91. The number of benzene rings is 2. The second kappa shape index (κ2) is 7.73. The quantitative estimate of drug-likeness (QED) is 0.392. The lowest BCUT2D eigenvalue weighted by molar-refractivity contribution is 0.415. The number of nitrogen functional groups attached to an aromatic ring is 1. The third-order valence-electron chi connectivity index (χ3n) is 4.10. The van der Waals surface area contributed by atoms with Crippen molar-refractivity contribution < 1.29 is 9.15 Å². The van der Waals surface area contributed by atoms with Crippen molar-refractivity contribution in [3.8, 4) is 28.6 Å². The summed E-state index contributed by atoms with van der Waals surface area (Å²) in [5.74, 6) is 8.90. The number of aromatic nitrogens is 5. The maximum Gasteiger partial charge on any atom is 0.247 e. The molecule has 0 unspecified atom stereocenters. The van der Waals surface area contributed by atoms with E-state index in [9.17, 15) is 0 Å². The van der Waals surface area contributed by atoms with E-state index in [4.69, 9.17) is 15.0 Å². The van der Waals surface area contributed by atoms with E-state index in [1.807, 2.05) is 55.5 Å². The highest BCUT2D eigenvalue weighted by Gasteiger charge is 2.15. The van der Waals surface area contributed by atoms with E-state index in [2.05, 4.69) is 20.4 Å². The van der Waals surface area contributed by atoms with Crippen molar-refractivity contribution in [2.24, 2.45) is 0 Å². The second-order valence-corrected chi connectivity index (χ2v) is 7.00. The second-order valence-electron chi connectivity index (χ2n) is 6.06. The summed E-state index contributed by atoms with van der Waals surface area (Å²) in [6.45, 7) is 2.03. The molecule has 142 valence electrons. The fourth-order valence-electron chi connectivity index (χ4n) is 2.56. The first-order valence-electron chi connectivity index (χ1n) is 8.51. The van der Waals surface area contributed by atoms with E-state index in [0.29, 0.717) is 28.5 Å². The minimum atomic E-state index is 0.437. The molecule has 0 aliphatic carbocycles. The largest absolute Gasteiger partial charge is 0.497 e. The smallest absolute Gasteiger partial charge is 0.247 e. The van der Waals surface area contributed by atoms with Crippen LogP contribution in [0.2, 0.25) is 0 Å². The van der Waals surface area contributed by atoms with Crippen LogP contribution in [0.25, 0.3) is 22.8 Å². The Morgan fingerprint density at radius 1 is 0.964 bits per heavy atom. The van der Waals surface area contributed by atoms with Gasteiger partial charge in [0.15, 0.2) is 5.82 Å². The summed E-state index contributed by atoms with van der Waals surface area (Å²) in [7, 11) is 1.62. The molecule has 0 aliphatic rings. The molecule has 4 rings (SSSR count). The van der Waals surface area contributed by atoms with Crippen LogP contribution in [-0.2, 0) is 5.75 Å². The molecule has 28 heavy (non-hydrogen) atoms. The van der Waals surface area contributed by atoms with Crippen molar-refractivity contribution in [1.29, 1.82) is 0 Å². The van der Waals surface area contributed by atoms with Gasteiger partial charge in [0.2, 0.25) is 16.9 Å². The Hall–Kier alpha value is -3.33. The zero-order valence-electron chi connectivity index (χ0n) is 15.4. The van der Waals surface area contributed by atoms with Crippen LogP contribution in [0.1, 0.15) is 11.5 Å². The number of rotatable bonds is 6. The number of aryl methyl sites for hydroxylation is 1. The Labute approximate surface area is 165 Å². The van der Waals surface area contributed by atoms with E-state index in [1.165, 1.54) is 22.0 Å². The molecule has 0 amide bonds. The van der Waals surface area contributed by atoms with Crippen molar-refractivity contribution in [3.63, 3.8) is 0 Å². The number of thioether (sulfide) groups is 1. The van der Waals surface area contributed by atoms with Crippen LogP contribution < -0.4 is 10.6 Å². The third kappa shape index (κ3) is 3.70. The number of methoxy groups -OCH3 is 1. The lowest BCUT2D eigenvalue weighted by Gasteiger charge is -2.03. The summed E-state index contributed by atoms with van der Waals surface area (Å²) < 4.78 is 12.3. The molecule has 2 aromatic heterocycles. The fourth-order valence-corrected chi connectivity index (χ4v) is 3.26. The summed E-state index contributed by atoms with van der Waals surface area (Å²) in [6, 6.07) is 15.4. The van der Waals surface area contributed by atoms with Gasteiger partial charge in [-0.1, -0.05) is 41.6 Å². The Morgan fingerprint density at radius 3 is 2.39 bits per heavy atom. The van der Waals surface area contributed by atoms with Crippen LogP contribution in [0.3, 0.4) is 0 Å². The predicted octanol–water partition coefficient (Wildman–Crippen LogP) is 3.32. The van der Waals surface area contributed by atoms with Gasteiger partial charge in [-0.25, -0.2) is 4.68 Å². The highest BCUT2D eigenvalue weighted by molar-refractivity contribution is 7.98. The maximum atomic E-state index is 6.15. The molecule has 2 aromatic carbocycles.